The molecule has 0 aliphatic carbocycles. The number of alkyl halides is 2. The van der Waals surface area contributed by atoms with Crippen LogP contribution in [0.4, 0.5) is 19.5 Å². The molecular weight excluding hydrogens is 486 g/mol. The number of likely N-dealkylation sites (tertiary alicyclic amines) is 1. The first-order chi connectivity index (χ1) is 17.7. The van der Waals surface area contributed by atoms with E-state index in [1.165, 1.54) is 4.57 Å². The summed E-state index contributed by atoms with van der Waals surface area (Å²) < 4.78 is 46.5. The van der Waals surface area contributed by atoms with Crippen LogP contribution in [0.3, 0.4) is 0 Å². The predicted molar refractivity (Wildman–Crippen MR) is 131 cm³/mol. The van der Waals surface area contributed by atoms with Gasteiger partial charge in [-0.25, -0.2) is 18.6 Å². The number of hydrogen-bond donors (Lipinski definition) is 0. The van der Waals surface area contributed by atoms with Crippen LogP contribution >= 0.6 is 0 Å². The van der Waals surface area contributed by atoms with Crippen molar-refractivity contribution in [2.24, 2.45) is 0 Å². The third kappa shape index (κ3) is 5.58. The van der Waals surface area contributed by atoms with Crippen LogP contribution in [0.15, 0.2) is 30.3 Å². The molecule has 2 saturated heterocycles. The summed E-state index contributed by atoms with van der Waals surface area (Å²) >= 11 is 0. The highest BCUT2D eigenvalue weighted by molar-refractivity contribution is 5.78. The number of carbonyl (C=O) groups excluding carboxylic acids is 1. The lowest BCUT2D eigenvalue weighted by atomic mass is 10.2. The van der Waals surface area contributed by atoms with Crippen LogP contribution in [0, 0.1) is 0 Å². The number of benzene rings is 1. The highest BCUT2D eigenvalue weighted by Gasteiger charge is 2.32. The fourth-order valence-corrected chi connectivity index (χ4v) is 4.40. The molecule has 0 bridgehead atoms. The second-order valence-electron chi connectivity index (χ2n) is 10.0. The van der Waals surface area contributed by atoms with E-state index in [4.69, 9.17) is 14.2 Å². The molecule has 2 aromatic heterocycles. The Morgan fingerprint density at radius 3 is 2.59 bits per heavy atom. The molecule has 0 spiro atoms. The van der Waals surface area contributed by atoms with Crippen molar-refractivity contribution in [3.05, 3.63) is 36.2 Å². The SMILES string of the molecule is CC(C)(C)OC(=O)N1CC[C@H](Oc2cc(-n3c(C(F)F)nc4ccccc43)nc(N3CCOCC3)n2)C1. The Kier molecular flexibility index (Phi) is 6.84. The van der Waals surface area contributed by atoms with E-state index in [2.05, 4.69) is 15.0 Å². The molecule has 2 fully saturated rings. The smallest absolute Gasteiger partial charge is 0.410 e. The number of rotatable bonds is 5. The van der Waals surface area contributed by atoms with Gasteiger partial charge in [0.25, 0.3) is 6.43 Å². The zero-order chi connectivity index (χ0) is 26.2. The summed E-state index contributed by atoms with van der Waals surface area (Å²) in [6.07, 6.45) is -2.96. The van der Waals surface area contributed by atoms with Gasteiger partial charge in [-0.05, 0) is 32.9 Å². The summed E-state index contributed by atoms with van der Waals surface area (Å²) in [7, 11) is 0. The third-order valence-electron chi connectivity index (χ3n) is 6.07. The van der Waals surface area contributed by atoms with Crippen LogP contribution in [0.2, 0.25) is 0 Å². The number of hydrogen-bond acceptors (Lipinski definition) is 8. The first-order valence-corrected chi connectivity index (χ1v) is 12.3. The number of halogens is 2. The summed E-state index contributed by atoms with van der Waals surface area (Å²) in [4.78, 5) is 29.4. The number of nitrogens with zero attached hydrogens (tertiary/aromatic N) is 6. The van der Waals surface area contributed by atoms with Crippen LogP contribution in [-0.4, -0.2) is 81.6 Å². The third-order valence-corrected chi connectivity index (χ3v) is 6.07. The van der Waals surface area contributed by atoms with Crippen LogP contribution in [0.1, 0.15) is 39.4 Å². The Labute approximate surface area is 213 Å². The Morgan fingerprint density at radius 2 is 1.86 bits per heavy atom. The molecule has 1 aromatic carbocycles. The normalized spacial score (nSPS) is 18.6. The van der Waals surface area contributed by atoms with Crippen molar-refractivity contribution < 1.29 is 27.8 Å². The lowest BCUT2D eigenvalue weighted by Crippen LogP contribution is -2.37. The average Bonchev–Trinajstić information content (AvgIpc) is 3.48. The van der Waals surface area contributed by atoms with E-state index in [1.807, 2.05) is 25.7 Å². The van der Waals surface area contributed by atoms with Gasteiger partial charge in [-0.2, -0.15) is 9.97 Å². The van der Waals surface area contributed by atoms with Gasteiger partial charge in [-0.3, -0.25) is 4.57 Å². The van der Waals surface area contributed by atoms with Gasteiger partial charge in [0, 0.05) is 32.1 Å². The Hall–Kier alpha value is -3.54. The molecule has 2 aliphatic rings. The summed E-state index contributed by atoms with van der Waals surface area (Å²) in [6.45, 7) is 8.40. The van der Waals surface area contributed by atoms with Crippen LogP contribution in [0.25, 0.3) is 16.9 Å². The van der Waals surface area contributed by atoms with Crippen LogP contribution in [-0.2, 0) is 9.47 Å². The number of fused-ring (bicyclic) bond motifs is 1. The van der Waals surface area contributed by atoms with Crippen molar-refractivity contribution in [2.75, 3.05) is 44.3 Å². The van der Waals surface area contributed by atoms with Crippen molar-refractivity contribution in [1.82, 2.24) is 24.4 Å². The van der Waals surface area contributed by atoms with Crippen molar-refractivity contribution in [3.63, 3.8) is 0 Å². The maximum absolute atomic E-state index is 14.0. The molecule has 4 heterocycles. The number of amides is 1. The molecule has 0 saturated carbocycles. The van der Waals surface area contributed by atoms with Crippen molar-refractivity contribution in [1.29, 1.82) is 0 Å². The molecule has 198 valence electrons. The fourth-order valence-electron chi connectivity index (χ4n) is 4.40. The molecule has 2 aliphatic heterocycles. The van der Waals surface area contributed by atoms with Crippen molar-refractivity contribution >= 4 is 23.1 Å². The zero-order valence-electron chi connectivity index (χ0n) is 21.1. The van der Waals surface area contributed by atoms with E-state index in [1.54, 1.807) is 35.2 Å². The molecule has 0 N–H and O–H groups in total. The lowest BCUT2D eigenvalue weighted by Gasteiger charge is -2.27. The average molecular weight is 517 g/mol. The highest BCUT2D eigenvalue weighted by Crippen LogP contribution is 2.30. The van der Waals surface area contributed by atoms with Crippen LogP contribution < -0.4 is 9.64 Å². The minimum absolute atomic E-state index is 0.234. The quantitative estimate of drug-likeness (QED) is 0.503. The van der Waals surface area contributed by atoms with E-state index in [-0.39, 0.29) is 17.8 Å². The Bertz CT molecular complexity index is 1270. The number of para-hydroxylation sites is 2. The van der Waals surface area contributed by atoms with E-state index in [9.17, 15) is 13.6 Å². The summed E-state index contributed by atoms with van der Waals surface area (Å²) in [6, 6.07) is 8.46. The van der Waals surface area contributed by atoms with E-state index >= 15 is 0 Å². The molecule has 5 rings (SSSR count). The molecule has 0 unspecified atom stereocenters. The summed E-state index contributed by atoms with van der Waals surface area (Å²) in [5, 5.41) is 0. The van der Waals surface area contributed by atoms with Crippen LogP contribution in [0.5, 0.6) is 5.88 Å². The monoisotopic (exact) mass is 516 g/mol. The number of carbonyl (C=O) groups is 1. The largest absolute Gasteiger partial charge is 0.472 e. The maximum Gasteiger partial charge on any atom is 0.410 e. The van der Waals surface area contributed by atoms with Crippen molar-refractivity contribution in [3.8, 4) is 11.7 Å². The van der Waals surface area contributed by atoms with Gasteiger partial charge >= 0.3 is 6.09 Å². The Balaban J connectivity index is 1.48. The predicted octanol–water partition coefficient (Wildman–Crippen LogP) is 3.98. The second-order valence-corrected chi connectivity index (χ2v) is 10.0. The summed E-state index contributed by atoms with van der Waals surface area (Å²) in [5.41, 5.74) is 0.351. The van der Waals surface area contributed by atoms with Gasteiger partial charge in [0.1, 0.15) is 17.5 Å². The van der Waals surface area contributed by atoms with Gasteiger partial charge < -0.3 is 24.0 Å². The van der Waals surface area contributed by atoms with E-state index in [0.29, 0.717) is 62.8 Å². The molecule has 10 nitrogen and oxygen atoms in total. The van der Waals surface area contributed by atoms with Gasteiger partial charge in [0.2, 0.25) is 11.8 Å². The van der Waals surface area contributed by atoms with Gasteiger partial charge in [-0.15, -0.1) is 0 Å². The molecule has 12 heteroatoms. The minimum atomic E-state index is -2.81. The number of anilines is 1. The number of ether oxygens (including phenoxy) is 3. The fraction of sp³-hybridized carbons (Fsp3) is 0.520. The minimum Gasteiger partial charge on any atom is -0.472 e. The first-order valence-electron chi connectivity index (χ1n) is 12.3. The standard InChI is InChI=1S/C25H30F2N6O4/c1-25(2,3)37-24(34)32-9-8-16(15-32)36-20-14-19(29-23(30-20)31-10-12-35-13-11-31)33-18-7-5-4-6-17(18)28-22(33)21(26)27/h4-7,14,16,21H,8-13,15H2,1-3H3/t16-/m0/s1. The molecule has 37 heavy (non-hydrogen) atoms. The van der Waals surface area contributed by atoms with E-state index in [0.717, 1.165) is 0 Å². The molecule has 1 amide bonds. The number of imidazole rings is 1. The zero-order valence-corrected chi connectivity index (χ0v) is 21.1. The Morgan fingerprint density at radius 1 is 1.11 bits per heavy atom. The molecule has 0 radical (unpaired) electrons. The summed E-state index contributed by atoms with van der Waals surface area (Å²) in [5.74, 6) is 0.421. The second kappa shape index (κ2) is 10.1. The molecule has 3 aromatic rings. The van der Waals surface area contributed by atoms with E-state index < -0.39 is 23.9 Å². The highest BCUT2D eigenvalue weighted by atomic mass is 19.3. The topological polar surface area (TPSA) is 94.8 Å². The first kappa shape index (κ1) is 25.1. The number of morpholine rings is 1. The van der Waals surface area contributed by atoms with Gasteiger partial charge in [-0.1, -0.05) is 12.1 Å². The molecule has 1 atom stereocenters. The van der Waals surface area contributed by atoms with Gasteiger partial charge in [0.05, 0.1) is 30.8 Å². The maximum atomic E-state index is 14.0. The molecular formula is C25H30F2N6O4. The number of aromatic nitrogens is 4. The van der Waals surface area contributed by atoms with Gasteiger partial charge in [0.15, 0.2) is 5.82 Å². The van der Waals surface area contributed by atoms with Crippen molar-refractivity contribution in [2.45, 2.75) is 45.3 Å². The lowest BCUT2D eigenvalue weighted by molar-refractivity contribution is 0.0275.